The Hall–Kier alpha value is -0.600. The van der Waals surface area contributed by atoms with Crippen molar-refractivity contribution in [1.29, 1.82) is 0 Å². The van der Waals surface area contributed by atoms with Gasteiger partial charge in [-0.15, -0.1) is 17.9 Å². The van der Waals surface area contributed by atoms with Gasteiger partial charge in [0.25, 0.3) is 0 Å². The SMILES string of the molecule is C=CCCCCCC(O)c1cc(C)c(C)s1. The maximum atomic E-state index is 10.0. The van der Waals surface area contributed by atoms with E-state index in [1.165, 1.54) is 23.3 Å². The Morgan fingerprint density at radius 1 is 1.38 bits per heavy atom. The minimum atomic E-state index is -0.263. The molecule has 2 heteroatoms. The summed E-state index contributed by atoms with van der Waals surface area (Å²) in [4.78, 5) is 2.44. The third-order valence-corrected chi connectivity index (χ3v) is 4.15. The summed E-state index contributed by atoms with van der Waals surface area (Å²) >= 11 is 1.72. The van der Waals surface area contributed by atoms with Crippen LogP contribution in [-0.2, 0) is 0 Å². The van der Waals surface area contributed by atoms with E-state index in [9.17, 15) is 5.11 Å². The van der Waals surface area contributed by atoms with E-state index < -0.39 is 0 Å². The summed E-state index contributed by atoms with van der Waals surface area (Å²) in [6, 6.07) is 2.12. The summed E-state index contributed by atoms with van der Waals surface area (Å²) in [7, 11) is 0. The first-order valence-corrected chi connectivity index (χ1v) is 6.82. The molecule has 0 aliphatic rings. The highest BCUT2D eigenvalue weighted by Crippen LogP contribution is 2.29. The fourth-order valence-corrected chi connectivity index (χ4v) is 2.77. The van der Waals surface area contributed by atoms with Gasteiger partial charge in [-0.2, -0.15) is 0 Å². The molecule has 16 heavy (non-hydrogen) atoms. The molecule has 1 heterocycles. The first kappa shape index (κ1) is 13.5. The standard InChI is InChI=1S/C14H22OS/c1-4-5-6-7-8-9-13(15)14-10-11(2)12(3)16-14/h4,10,13,15H,1,5-9H2,2-3H3. The van der Waals surface area contributed by atoms with Crippen LogP contribution in [0.5, 0.6) is 0 Å². The molecule has 0 saturated carbocycles. The topological polar surface area (TPSA) is 20.2 Å². The molecule has 90 valence electrons. The molecular formula is C14H22OS. The van der Waals surface area contributed by atoms with E-state index >= 15 is 0 Å². The predicted octanol–water partition coefficient (Wildman–Crippen LogP) is 4.53. The number of allylic oxidation sites excluding steroid dienone is 1. The van der Waals surface area contributed by atoms with Crippen molar-refractivity contribution in [1.82, 2.24) is 0 Å². The monoisotopic (exact) mass is 238 g/mol. The Morgan fingerprint density at radius 2 is 2.12 bits per heavy atom. The van der Waals surface area contributed by atoms with Crippen molar-refractivity contribution < 1.29 is 5.11 Å². The van der Waals surface area contributed by atoms with Crippen molar-refractivity contribution in [3.05, 3.63) is 34.0 Å². The summed E-state index contributed by atoms with van der Waals surface area (Å²) in [6.45, 7) is 7.92. The molecule has 1 aromatic heterocycles. The van der Waals surface area contributed by atoms with Gasteiger partial charge in [-0.3, -0.25) is 0 Å². The lowest BCUT2D eigenvalue weighted by atomic mass is 10.1. The van der Waals surface area contributed by atoms with Crippen molar-refractivity contribution in [2.45, 2.75) is 52.1 Å². The van der Waals surface area contributed by atoms with Gasteiger partial charge in [-0.05, 0) is 44.7 Å². The third kappa shape index (κ3) is 4.11. The van der Waals surface area contributed by atoms with Crippen LogP contribution in [-0.4, -0.2) is 5.11 Å². The normalized spacial score (nSPS) is 12.7. The zero-order chi connectivity index (χ0) is 12.0. The number of aliphatic hydroxyl groups excluding tert-OH is 1. The molecule has 0 bridgehead atoms. The summed E-state index contributed by atoms with van der Waals surface area (Å²) < 4.78 is 0. The first-order valence-electron chi connectivity index (χ1n) is 6.01. The minimum Gasteiger partial charge on any atom is -0.388 e. The first-order chi connectivity index (χ1) is 7.65. The van der Waals surface area contributed by atoms with Gasteiger partial charge in [0.2, 0.25) is 0 Å². The smallest absolute Gasteiger partial charge is 0.0882 e. The van der Waals surface area contributed by atoms with Crippen LogP contribution in [0.3, 0.4) is 0 Å². The molecular weight excluding hydrogens is 216 g/mol. The summed E-state index contributed by atoms with van der Waals surface area (Å²) in [5.74, 6) is 0. The number of aryl methyl sites for hydroxylation is 2. The number of aliphatic hydroxyl groups is 1. The Bertz CT molecular complexity index is 308. The van der Waals surface area contributed by atoms with Gasteiger partial charge in [-0.25, -0.2) is 0 Å². The van der Waals surface area contributed by atoms with Crippen LogP contribution in [0.2, 0.25) is 0 Å². The van der Waals surface area contributed by atoms with Gasteiger partial charge in [-0.1, -0.05) is 18.9 Å². The summed E-state index contributed by atoms with van der Waals surface area (Å²) in [6.07, 6.45) is 7.16. The molecule has 0 aliphatic heterocycles. The molecule has 0 aromatic carbocycles. The molecule has 1 N–H and O–H groups in total. The summed E-state index contributed by atoms with van der Waals surface area (Å²) in [5.41, 5.74) is 1.30. The van der Waals surface area contributed by atoms with Crippen LogP contribution >= 0.6 is 11.3 Å². The Morgan fingerprint density at radius 3 is 2.69 bits per heavy atom. The largest absolute Gasteiger partial charge is 0.388 e. The van der Waals surface area contributed by atoms with E-state index in [-0.39, 0.29) is 6.10 Å². The van der Waals surface area contributed by atoms with Gasteiger partial charge in [0.15, 0.2) is 0 Å². The highest BCUT2D eigenvalue weighted by Gasteiger charge is 2.10. The van der Waals surface area contributed by atoms with E-state index in [1.807, 2.05) is 6.08 Å². The maximum Gasteiger partial charge on any atom is 0.0882 e. The molecule has 1 unspecified atom stereocenters. The van der Waals surface area contributed by atoms with Gasteiger partial charge in [0.1, 0.15) is 0 Å². The molecule has 1 atom stereocenters. The Kier molecular flexibility index (Phi) is 5.78. The molecule has 0 fully saturated rings. The highest BCUT2D eigenvalue weighted by molar-refractivity contribution is 7.12. The van der Waals surface area contributed by atoms with Gasteiger partial charge in [0.05, 0.1) is 6.10 Å². The number of hydrogen-bond donors (Lipinski definition) is 1. The number of rotatable bonds is 7. The molecule has 1 rings (SSSR count). The van der Waals surface area contributed by atoms with Crippen LogP contribution in [0.4, 0.5) is 0 Å². The Labute approximate surface area is 103 Å². The second-order valence-electron chi connectivity index (χ2n) is 4.33. The second kappa shape index (κ2) is 6.87. The fraction of sp³-hybridized carbons (Fsp3) is 0.571. The van der Waals surface area contributed by atoms with Crippen molar-refractivity contribution in [3.63, 3.8) is 0 Å². The van der Waals surface area contributed by atoms with Gasteiger partial charge < -0.3 is 5.11 Å². The highest BCUT2D eigenvalue weighted by atomic mass is 32.1. The third-order valence-electron chi connectivity index (χ3n) is 2.90. The second-order valence-corrected chi connectivity index (χ2v) is 5.62. The predicted molar refractivity (Wildman–Crippen MR) is 72.0 cm³/mol. The quantitative estimate of drug-likeness (QED) is 0.546. The van der Waals surface area contributed by atoms with Crippen molar-refractivity contribution >= 4 is 11.3 Å². The molecule has 1 nitrogen and oxygen atoms in total. The van der Waals surface area contributed by atoms with E-state index in [0.29, 0.717) is 0 Å². The molecule has 0 saturated heterocycles. The van der Waals surface area contributed by atoms with Crippen LogP contribution in [0.25, 0.3) is 0 Å². The molecule has 0 amide bonds. The van der Waals surface area contributed by atoms with Crippen LogP contribution in [0.15, 0.2) is 18.7 Å². The zero-order valence-electron chi connectivity index (χ0n) is 10.3. The van der Waals surface area contributed by atoms with E-state index in [2.05, 4.69) is 26.5 Å². The zero-order valence-corrected chi connectivity index (χ0v) is 11.1. The van der Waals surface area contributed by atoms with E-state index in [0.717, 1.165) is 24.1 Å². The lowest BCUT2D eigenvalue weighted by Crippen LogP contribution is -1.94. The number of unbranched alkanes of at least 4 members (excludes halogenated alkanes) is 3. The van der Waals surface area contributed by atoms with Crippen LogP contribution < -0.4 is 0 Å². The number of hydrogen-bond acceptors (Lipinski definition) is 2. The molecule has 1 aromatic rings. The van der Waals surface area contributed by atoms with Gasteiger partial charge >= 0.3 is 0 Å². The molecule has 0 aliphatic carbocycles. The van der Waals surface area contributed by atoms with Crippen LogP contribution in [0, 0.1) is 13.8 Å². The van der Waals surface area contributed by atoms with Crippen LogP contribution in [0.1, 0.15) is 53.5 Å². The lowest BCUT2D eigenvalue weighted by Gasteiger charge is -2.07. The lowest BCUT2D eigenvalue weighted by molar-refractivity contribution is 0.167. The van der Waals surface area contributed by atoms with Crippen molar-refractivity contribution in [2.75, 3.05) is 0 Å². The van der Waals surface area contributed by atoms with Gasteiger partial charge in [0, 0.05) is 9.75 Å². The van der Waals surface area contributed by atoms with E-state index in [1.54, 1.807) is 11.3 Å². The fourth-order valence-electron chi connectivity index (χ4n) is 1.71. The average Bonchev–Trinajstić information content (AvgIpc) is 2.59. The molecule has 0 spiro atoms. The van der Waals surface area contributed by atoms with Crippen molar-refractivity contribution in [2.24, 2.45) is 0 Å². The average molecular weight is 238 g/mol. The number of thiophene rings is 1. The van der Waals surface area contributed by atoms with E-state index in [4.69, 9.17) is 0 Å². The minimum absolute atomic E-state index is 0.263. The van der Waals surface area contributed by atoms with Crippen molar-refractivity contribution in [3.8, 4) is 0 Å². The Balaban J connectivity index is 2.29. The summed E-state index contributed by atoms with van der Waals surface area (Å²) in [5, 5.41) is 10.0. The maximum absolute atomic E-state index is 10.0. The molecule has 0 radical (unpaired) electrons.